The van der Waals surface area contributed by atoms with Crippen molar-refractivity contribution in [3.63, 3.8) is 0 Å². The van der Waals surface area contributed by atoms with Crippen LogP contribution in [0, 0.1) is 20.8 Å². The van der Waals surface area contributed by atoms with E-state index in [0.717, 1.165) is 33.9 Å². The average molecular weight is 338 g/mol. The minimum Gasteiger partial charge on any atom is -0.496 e. The molecule has 6 nitrogen and oxygen atoms in total. The van der Waals surface area contributed by atoms with Gasteiger partial charge in [-0.3, -0.25) is 9.78 Å². The number of aromatic nitrogens is 3. The third-order valence-electron chi connectivity index (χ3n) is 4.41. The van der Waals surface area contributed by atoms with Gasteiger partial charge in [0.25, 0.3) is 5.91 Å². The Labute approximate surface area is 147 Å². The maximum atomic E-state index is 12.9. The van der Waals surface area contributed by atoms with Gasteiger partial charge in [-0.25, -0.2) is 4.98 Å². The van der Waals surface area contributed by atoms with Crippen LogP contribution in [0.5, 0.6) is 5.75 Å². The van der Waals surface area contributed by atoms with Gasteiger partial charge in [0.05, 0.1) is 24.9 Å². The van der Waals surface area contributed by atoms with Gasteiger partial charge in [0.15, 0.2) is 5.69 Å². The molecule has 3 heterocycles. The van der Waals surface area contributed by atoms with E-state index in [4.69, 9.17) is 4.74 Å². The summed E-state index contributed by atoms with van der Waals surface area (Å²) in [4.78, 5) is 23.5. The molecule has 0 atom stereocenters. The zero-order valence-electron chi connectivity index (χ0n) is 15.2. The molecule has 0 spiro atoms. The Morgan fingerprint density at radius 3 is 2.76 bits per heavy atom. The van der Waals surface area contributed by atoms with Gasteiger partial charge in [0.2, 0.25) is 0 Å². The van der Waals surface area contributed by atoms with Gasteiger partial charge >= 0.3 is 0 Å². The molecule has 3 rings (SSSR count). The summed E-state index contributed by atoms with van der Waals surface area (Å²) < 4.78 is 7.36. The normalized spacial score (nSPS) is 10.9. The quantitative estimate of drug-likeness (QED) is 0.734. The van der Waals surface area contributed by atoms with Crippen LogP contribution in [0.1, 0.15) is 33.1 Å². The van der Waals surface area contributed by atoms with Crippen LogP contribution < -0.4 is 4.74 Å². The SMILES string of the molecule is COc1c(C)cnc(CN(C)C(=O)c2nc(C)n3ccccc23)c1C. The van der Waals surface area contributed by atoms with Crippen LogP contribution >= 0.6 is 0 Å². The number of hydrogen-bond donors (Lipinski definition) is 0. The Morgan fingerprint density at radius 2 is 2.04 bits per heavy atom. The van der Waals surface area contributed by atoms with Crippen molar-refractivity contribution in [1.82, 2.24) is 19.3 Å². The van der Waals surface area contributed by atoms with E-state index in [0.29, 0.717) is 12.2 Å². The van der Waals surface area contributed by atoms with Crippen molar-refractivity contribution in [3.8, 4) is 5.75 Å². The molecule has 0 saturated carbocycles. The fourth-order valence-corrected chi connectivity index (χ4v) is 3.06. The summed E-state index contributed by atoms with van der Waals surface area (Å²) in [5.41, 5.74) is 4.01. The number of methoxy groups -OCH3 is 1. The van der Waals surface area contributed by atoms with Crippen LogP contribution in [-0.4, -0.2) is 39.3 Å². The lowest BCUT2D eigenvalue weighted by molar-refractivity contribution is 0.0779. The van der Waals surface area contributed by atoms with Crippen LogP contribution in [0.3, 0.4) is 0 Å². The van der Waals surface area contributed by atoms with Gasteiger partial charge < -0.3 is 14.0 Å². The number of imidazole rings is 1. The molecule has 0 aromatic carbocycles. The molecular formula is C19H22N4O2. The zero-order chi connectivity index (χ0) is 18.1. The Bertz CT molecular complexity index is 946. The lowest BCUT2D eigenvalue weighted by Crippen LogP contribution is -2.27. The molecule has 0 fully saturated rings. The second-order valence-corrected chi connectivity index (χ2v) is 6.17. The summed E-state index contributed by atoms with van der Waals surface area (Å²) in [6.07, 6.45) is 3.68. The molecule has 0 aliphatic rings. The van der Waals surface area contributed by atoms with E-state index in [-0.39, 0.29) is 5.91 Å². The van der Waals surface area contributed by atoms with Crippen molar-refractivity contribution in [2.45, 2.75) is 27.3 Å². The first kappa shape index (κ1) is 17.0. The van der Waals surface area contributed by atoms with Crippen molar-refractivity contribution in [2.24, 2.45) is 0 Å². The topological polar surface area (TPSA) is 59.7 Å². The van der Waals surface area contributed by atoms with Gasteiger partial charge in [-0.2, -0.15) is 0 Å². The summed E-state index contributed by atoms with van der Waals surface area (Å²) >= 11 is 0. The van der Waals surface area contributed by atoms with Crippen LogP contribution in [0.15, 0.2) is 30.6 Å². The monoisotopic (exact) mass is 338 g/mol. The highest BCUT2D eigenvalue weighted by Crippen LogP contribution is 2.25. The Kier molecular flexibility index (Phi) is 4.44. The van der Waals surface area contributed by atoms with Crippen LogP contribution in [0.2, 0.25) is 0 Å². The predicted molar refractivity (Wildman–Crippen MR) is 96.0 cm³/mol. The highest BCUT2D eigenvalue weighted by atomic mass is 16.5. The number of ether oxygens (including phenoxy) is 1. The predicted octanol–water partition coefficient (Wildman–Crippen LogP) is 2.94. The van der Waals surface area contributed by atoms with E-state index in [1.54, 1.807) is 25.3 Å². The lowest BCUT2D eigenvalue weighted by atomic mass is 10.1. The number of hydrogen-bond acceptors (Lipinski definition) is 4. The molecule has 6 heteroatoms. The minimum atomic E-state index is -0.127. The van der Waals surface area contributed by atoms with Gasteiger partial charge in [-0.05, 0) is 32.9 Å². The molecule has 25 heavy (non-hydrogen) atoms. The first-order valence-electron chi connectivity index (χ1n) is 8.12. The lowest BCUT2D eigenvalue weighted by Gasteiger charge is -2.18. The molecule has 3 aromatic heterocycles. The Hall–Kier alpha value is -2.89. The van der Waals surface area contributed by atoms with E-state index in [1.165, 1.54) is 0 Å². The number of carbonyl (C=O) groups excluding carboxylic acids is 1. The second-order valence-electron chi connectivity index (χ2n) is 6.17. The number of nitrogens with zero attached hydrogens (tertiary/aromatic N) is 4. The summed E-state index contributed by atoms with van der Waals surface area (Å²) in [5.74, 6) is 1.48. The number of pyridine rings is 2. The fraction of sp³-hybridized carbons (Fsp3) is 0.316. The third-order valence-corrected chi connectivity index (χ3v) is 4.41. The van der Waals surface area contributed by atoms with Crippen molar-refractivity contribution in [2.75, 3.05) is 14.2 Å². The molecular weight excluding hydrogens is 316 g/mol. The van der Waals surface area contributed by atoms with E-state index in [1.807, 2.05) is 49.6 Å². The van der Waals surface area contributed by atoms with E-state index in [2.05, 4.69) is 9.97 Å². The standard InChI is InChI=1S/C19H22N4O2/c1-12-10-20-15(13(2)18(12)25-5)11-22(4)19(24)17-16-8-6-7-9-23(16)14(3)21-17/h6-10H,11H2,1-5H3. The summed E-state index contributed by atoms with van der Waals surface area (Å²) in [6.45, 7) is 6.20. The first-order valence-corrected chi connectivity index (χ1v) is 8.12. The third kappa shape index (κ3) is 2.95. The van der Waals surface area contributed by atoms with E-state index >= 15 is 0 Å². The largest absolute Gasteiger partial charge is 0.496 e. The number of rotatable bonds is 4. The van der Waals surface area contributed by atoms with E-state index in [9.17, 15) is 4.79 Å². The molecule has 1 amide bonds. The zero-order valence-corrected chi connectivity index (χ0v) is 15.2. The molecule has 0 aliphatic carbocycles. The molecule has 0 unspecified atom stereocenters. The van der Waals surface area contributed by atoms with Gasteiger partial charge in [-0.15, -0.1) is 0 Å². The molecule has 0 bridgehead atoms. The summed E-state index contributed by atoms with van der Waals surface area (Å²) in [7, 11) is 3.41. The molecule has 0 aliphatic heterocycles. The number of fused-ring (bicyclic) bond motifs is 1. The van der Waals surface area contributed by atoms with E-state index < -0.39 is 0 Å². The smallest absolute Gasteiger partial charge is 0.274 e. The first-order chi connectivity index (χ1) is 11.9. The van der Waals surface area contributed by atoms with Gasteiger partial charge in [-0.1, -0.05) is 6.07 Å². The molecule has 0 N–H and O–H groups in total. The Morgan fingerprint density at radius 1 is 1.28 bits per heavy atom. The van der Waals surface area contributed by atoms with Gasteiger partial charge in [0, 0.05) is 30.6 Å². The fourth-order valence-electron chi connectivity index (χ4n) is 3.06. The van der Waals surface area contributed by atoms with Crippen molar-refractivity contribution < 1.29 is 9.53 Å². The second kappa shape index (κ2) is 6.55. The number of amides is 1. The van der Waals surface area contributed by atoms with Crippen molar-refractivity contribution in [3.05, 3.63) is 58.9 Å². The van der Waals surface area contributed by atoms with Crippen LogP contribution in [0.4, 0.5) is 0 Å². The molecule has 130 valence electrons. The minimum absolute atomic E-state index is 0.127. The molecule has 0 radical (unpaired) electrons. The average Bonchev–Trinajstić information content (AvgIpc) is 2.94. The maximum Gasteiger partial charge on any atom is 0.274 e. The van der Waals surface area contributed by atoms with Gasteiger partial charge in [0.1, 0.15) is 11.6 Å². The number of carbonyl (C=O) groups is 1. The Balaban J connectivity index is 1.91. The maximum absolute atomic E-state index is 12.9. The summed E-state index contributed by atoms with van der Waals surface area (Å²) in [6, 6.07) is 5.73. The van der Waals surface area contributed by atoms with Crippen LogP contribution in [-0.2, 0) is 6.54 Å². The van der Waals surface area contributed by atoms with Crippen molar-refractivity contribution in [1.29, 1.82) is 0 Å². The molecule has 3 aromatic rings. The van der Waals surface area contributed by atoms with Crippen LogP contribution in [0.25, 0.3) is 5.52 Å². The highest BCUT2D eigenvalue weighted by molar-refractivity contribution is 5.99. The number of aryl methyl sites for hydroxylation is 2. The summed E-state index contributed by atoms with van der Waals surface area (Å²) in [5, 5.41) is 0. The van der Waals surface area contributed by atoms with Crippen molar-refractivity contribution >= 4 is 11.4 Å². The highest BCUT2D eigenvalue weighted by Gasteiger charge is 2.21. The molecule has 0 saturated heterocycles.